The lowest BCUT2D eigenvalue weighted by Gasteiger charge is -2.41. The summed E-state index contributed by atoms with van der Waals surface area (Å²) in [6, 6.07) is 32.2. The molecule has 4 aliphatic carbocycles. The molecule has 4 aliphatic rings. The predicted molar refractivity (Wildman–Crippen MR) is 363 cm³/mol. The van der Waals surface area contributed by atoms with Crippen LogP contribution in [0.1, 0.15) is 100 Å². The van der Waals surface area contributed by atoms with Crippen molar-refractivity contribution in [3.63, 3.8) is 0 Å². The van der Waals surface area contributed by atoms with E-state index in [0.717, 1.165) is 39.7 Å². The van der Waals surface area contributed by atoms with E-state index in [9.17, 15) is 51.9 Å². The Hall–Kier alpha value is -7.64. The molecule has 4 N–H and O–H groups in total. The first-order valence-corrected chi connectivity index (χ1v) is 35.5. The van der Waals surface area contributed by atoms with Crippen LogP contribution in [0, 0.1) is 29.1 Å². The molecule has 9 rings (SSSR count). The van der Waals surface area contributed by atoms with Gasteiger partial charge in [-0.3, -0.25) is 18.2 Å². The highest BCUT2D eigenvalue weighted by Gasteiger charge is 2.40. The van der Waals surface area contributed by atoms with Crippen molar-refractivity contribution in [1.82, 2.24) is 0 Å². The molecule has 5 aromatic rings. The van der Waals surface area contributed by atoms with Gasteiger partial charge in [0.1, 0.15) is 0 Å². The second-order valence-corrected chi connectivity index (χ2v) is 30.9. The molecular formula is C74H76O12S4. The fourth-order valence-electron chi connectivity index (χ4n) is 12.9. The molecule has 0 fully saturated rings. The van der Waals surface area contributed by atoms with Gasteiger partial charge in [-0.2, -0.15) is 33.7 Å². The van der Waals surface area contributed by atoms with Crippen molar-refractivity contribution in [2.45, 2.75) is 94.8 Å². The zero-order valence-corrected chi connectivity index (χ0v) is 54.4. The smallest absolute Gasteiger partial charge is 0.282 e. The van der Waals surface area contributed by atoms with E-state index in [1.807, 2.05) is 72.9 Å². The first-order chi connectivity index (χ1) is 42.3. The van der Waals surface area contributed by atoms with Gasteiger partial charge in [0.2, 0.25) is 0 Å². The second-order valence-electron chi connectivity index (χ2n) is 25.2. The molecule has 4 unspecified atom stereocenters. The zero-order chi connectivity index (χ0) is 65.1. The third kappa shape index (κ3) is 15.6. The maximum Gasteiger partial charge on any atom is 0.294 e. The lowest BCUT2D eigenvalue weighted by molar-refractivity contribution is 0.327. The first-order valence-electron chi connectivity index (χ1n) is 29.7. The monoisotopic (exact) mass is 1280 g/mol. The standard InChI is InChI=1S/C74H76O12S4/c1-9-10-11-15-24-66-69(68(53-32-40-61(41-33-53)89(81,82)83)46-57(47-73(4,5)6)70(66)55-34-42-62(43-35-55)90(84,85)86)50(3)27-26-49(2)67(44-51-28-36-59(37-29-51)87(75,76)77)71(54-19-13-12-14-20-54)64(52-30-38-60(39-31-52)88(78,79)80)25-18-21-56-45-58-48-74(7,8)72(58)65-23-17-16-22-63(56)65/h9,12-20,22-28,30-34,36-46,51,55,66,70H,1-3,10-11,21,29,35,47-48H2,4-8H3,(H,75,76,77)(H,78,79,80)(H,81,82,83)(H,84,85,86)/b24-15+,25-18-,27-26-,67-44+,71-64+. The minimum atomic E-state index is -4.60. The van der Waals surface area contributed by atoms with Crippen molar-refractivity contribution in [1.29, 1.82) is 0 Å². The Balaban J connectivity index is 1.27. The predicted octanol–water partition coefficient (Wildman–Crippen LogP) is 16.8. The number of hydrogen-bond acceptors (Lipinski definition) is 8. The number of fused-ring (bicyclic) bond motifs is 3. The summed E-state index contributed by atoms with van der Waals surface area (Å²) in [5.74, 6) is -1.49. The van der Waals surface area contributed by atoms with Crippen molar-refractivity contribution in [2.75, 3.05) is 0 Å². The topological polar surface area (TPSA) is 217 Å². The molecule has 0 saturated carbocycles. The van der Waals surface area contributed by atoms with Crippen molar-refractivity contribution in [3.05, 3.63) is 291 Å². The van der Waals surface area contributed by atoms with Crippen LogP contribution in [0.2, 0.25) is 0 Å². The summed E-state index contributed by atoms with van der Waals surface area (Å²) >= 11 is 0. The van der Waals surface area contributed by atoms with Gasteiger partial charge in [-0.1, -0.05) is 217 Å². The first kappa shape index (κ1) is 66.8. The Labute approximate surface area is 531 Å². The van der Waals surface area contributed by atoms with Gasteiger partial charge in [-0.05, 0) is 193 Å². The highest BCUT2D eigenvalue weighted by Crippen LogP contribution is 2.51. The van der Waals surface area contributed by atoms with Crippen LogP contribution in [0.25, 0.3) is 27.5 Å². The molecule has 0 radical (unpaired) electrons. The summed E-state index contributed by atoms with van der Waals surface area (Å²) in [4.78, 5) is -1.04. The van der Waals surface area contributed by atoms with Crippen molar-refractivity contribution in [3.8, 4) is 0 Å². The largest absolute Gasteiger partial charge is 0.294 e. The van der Waals surface area contributed by atoms with Crippen LogP contribution < -0.4 is 0 Å². The van der Waals surface area contributed by atoms with Crippen molar-refractivity contribution >= 4 is 68.0 Å². The Kier molecular flexibility index (Phi) is 19.8. The number of unbranched alkanes of at least 4 members (excludes halogenated alkanes) is 1. The maximum absolute atomic E-state index is 12.6. The molecular weight excluding hydrogens is 1210 g/mol. The number of hydrogen-bond donors (Lipinski definition) is 4. The molecule has 12 nitrogen and oxygen atoms in total. The summed E-state index contributed by atoms with van der Waals surface area (Å²) in [6.07, 6.45) is 31.0. The van der Waals surface area contributed by atoms with Crippen molar-refractivity contribution < 1.29 is 51.9 Å². The fraction of sp³-hybridized carbons (Fsp3) is 0.243. The van der Waals surface area contributed by atoms with E-state index < -0.39 is 52.3 Å². The normalized spacial score (nSPS) is 20.2. The molecule has 4 atom stereocenters. The molecule has 90 heavy (non-hydrogen) atoms. The minimum absolute atomic E-state index is 0.0294. The van der Waals surface area contributed by atoms with Crippen LogP contribution in [0.3, 0.4) is 0 Å². The van der Waals surface area contributed by atoms with Crippen LogP contribution in [-0.2, 0) is 58.7 Å². The van der Waals surface area contributed by atoms with Gasteiger partial charge in [-0.25, -0.2) is 0 Å². The Bertz CT molecular complexity index is 4540. The van der Waals surface area contributed by atoms with Gasteiger partial charge in [-0.15, -0.1) is 6.58 Å². The minimum Gasteiger partial charge on any atom is -0.282 e. The summed E-state index contributed by atoms with van der Waals surface area (Å²) in [7, 11) is -18.2. The molecule has 0 saturated heterocycles. The third-order valence-electron chi connectivity index (χ3n) is 16.9. The number of allylic oxidation sites excluding steroid dienone is 23. The lowest BCUT2D eigenvalue weighted by atomic mass is 9.63. The highest BCUT2D eigenvalue weighted by molar-refractivity contribution is 7.90. The summed E-state index contributed by atoms with van der Waals surface area (Å²) < 4.78 is 140. The lowest BCUT2D eigenvalue weighted by Crippen LogP contribution is -2.33. The van der Waals surface area contributed by atoms with E-state index in [4.69, 9.17) is 13.2 Å². The molecule has 0 aliphatic heterocycles. The summed E-state index contributed by atoms with van der Waals surface area (Å²) in [6.45, 7) is 24.4. The molecule has 0 aromatic heterocycles. The average molecular weight is 1290 g/mol. The van der Waals surface area contributed by atoms with Crippen LogP contribution in [-0.4, -0.2) is 51.9 Å². The molecule has 0 spiro atoms. The van der Waals surface area contributed by atoms with E-state index >= 15 is 0 Å². The van der Waals surface area contributed by atoms with Gasteiger partial charge in [0.05, 0.1) is 19.6 Å². The van der Waals surface area contributed by atoms with Crippen LogP contribution in [0.5, 0.6) is 0 Å². The average Bonchev–Trinajstić information content (AvgIpc) is 0.736. The Morgan fingerprint density at radius 1 is 0.667 bits per heavy atom. The highest BCUT2D eigenvalue weighted by atomic mass is 32.2. The summed E-state index contributed by atoms with van der Waals surface area (Å²) in [5.41, 5.74) is 10.9. The van der Waals surface area contributed by atoms with Gasteiger partial charge < -0.3 is 0 Å². The van der Waals surface area contributed by atoms with Crippen molar-refractivity contribution in [2.24, 2.45) is 29.1 Å². The maximum atomic E-state index is 12.6. The van der Waals surface area contributed by atoms with E-state index in [-0.39, 0.29) is 55.1 Å². The second kappa shape index (κ2) is 26.7. The van der Waals surface area contributed by atoms with Crippen LogP contribution in [0.4, 0.5) is 0 Å². The van der Waals surface area contributed by atoms with E-state index in [0.29, 0.717) is 64.7 Å². The number of rotatable bonds is 22. The van der Waals surface area contributed by atoms with Gasteiger partial charge >= 0.3 is 0 Å². The summed E-state index contributed by atoms with van der Waals surface area (Å²) in [5, 5.41) is 2.33. The third-order valence-corrected chi connectivity index (χ3v) is 20.4. The molecule has 0 heterocycles. The SMILES string of the molecule is C=CCC/C=C/C1C(C(=C)/C=C\C(=C)C(=C\C2C=CC(S(=O)(=O)O)=CC2)/C(=C(\C=C/Cc2cc3c(c4ccccc24)C(C)(C)C3)c2ccc(S(=O)(=O)O)cc2)c2ccccc2)=C(c2ccc(S(=O)(=O)O)cc2)C=C(CC(C)(C)C)C1C1C=CC(S(=O)(=O)O)=CC1. The van der Waals surface area contributed by atoms with Crippen LogP contribution in [0.15, 0.2) is 268 Å². The van der Waals surface area contributed by atoms with E-state index in [1.165, 1.54) is 65.1 Å². The van der Waals surface area contributed by atoms with E-state index in [1.54, 1.807) is 30.3 Å². The zero-order valence-electron chi connectivity index (χ0n) is 51.1. The molecule has 468 valence electrons. The quantitative estimate of drug-likeness (QED) is 0.0167. The Morgan fingerprint density at radius 2 is 1.27 bits per heavy atom. The number of benzene rings is 5. The van der Waals surface area contributed by atoms with Gasteiger partial charge in [0.15, 0.2) is 0 Å². The van der Waals surface area contributed by atoms with Crippen LogP contribution >= 0.6 is 0 Å². The molecule has 5 aromatic carbocycles. The van der Waals surface area contributed by atoms with Gasteiger partial charge in [0, 0.05) is 5.92 Å². The molecule has 16 heteroatoms. The fourth-order valence-corrected chi connectivity index (χ4v) is 15.0. The Morgan fingerprint density at radius 3 is 1.82 bits per heavy atom. The molecule has 0 amide bonds. The van der Waals surface area contributed by atoms with Gasteiger partial charge in [0.25, 0.3) is 40.5 Å². The van der Waals surface area contributed by atoms with E-state index in [2.05, 4.69) is 89.8 Å². The molecule has 0 bridgehead atoms.